The number of hydrogen-bond donors (Lipinski definition) is 1. The van der Waals surface area contributed by atoms with Gasteiger partial charge in [0.1, 0.15) is 17.7 Å². The lowest BCUT2D eigenvalue weighted by Crippen LogP contribution is -2.35. The van der Waals surface area contributed by atoms with Gasteiger partial charge in [-0.25, -0.2) is 8.78 Å². The van der Waals surface area contributed by atoms with E-state index in [1.165, 1.54) is 6.07 Å². The molecule has 0 bridgehead atoms. The summed E-state index contributed by atoms with van der Waals surface area (Å²) in [7, 11) is 0. The Bertz CT molecular complexity index is 415. The third-order valence-corrected chi connectivity index (χ3v) is 2.00. The molecular weight excluding hydrogens is 243 g/mol. The molecule has 1 unspecified atom stereocenters. The second kappa shape index (κ2) is 5.10. The van der Waals surface area contributed by atoms with Crippen LogP contribution in [0, 0.1) is 23.0 Å². The topological polar surface area (TPSA) is 35.8 Å². The molecule has 0 aliphatic heterocycles. The molecule has 1 aromatic carbocycles. The van der Waals surface area contributed by atoms with E-state index in [9.17, 15) is 22.0 Å². The lowest BCUT2D eigenvalue weighted by Gasteiger charge is -2.21. The molecular formula is C10H7F5N2. The molecule has 0 saturated carbocycles. The molecule has 0 radical (unpaired) electrons. The largest absolute Gasteiger partial charge is 0.408 e. The maximum Gasteiger partial charge on any atom is 0.408 e. The summed E-state index contributed by atoms with van der Waals surface area (Å²) in [6.45, 7) is -0.669. The number of nitrogens with zero attached hydrogens (tertiary/aromatic N) is 1. The average molecular weight is 250 g/mol. The molecule has 2 nitrogen and oxygen atoms in total. The highest BCUT2D eigenvalue weighted by Crippen LogP contribution is 2.35. The molecule has 92 valence electrons. The van der Waals surface area contributed by atoms with Crippen molar-refractivity contribution in [2.45, 2.75) is 12.2 Å². The summed E-state index contributed by atoms with van der Waals surface area (Å²) in [5.74, 6) is -2.62. The van der Waals surface area contributed by atoms with Gasteiger partial charge in [-0.05, 0) is 12.1 Å². The number of alkyl halides is 3. The Balaban J connectivity index is 3.18. The van der Waals surface area contributed by atoms with Gasteiger partial charge >= 0.3 is 6.18 Å². The first-order valence-corrected chi connectivity index (χ1v) is 4.49. The minimum absolute atomic E-state index is 0.669. The van der Waals surface area contributed by atoms with Crippen LogP contribution in [0.5, 0.6) is 0 Å². The summed E-state index contributed by atoms with van der Waals surface area (Å²) in [6, 6.07) is 1.30. The van der Waals surface area contributed by atoms with Crippen molar-refractivity contribution >= 4 is 0 Å². The highest BCUT2D eigenvalue weighted by molar-refractivity contribution is 5.24. The third kappa shape index (κ3) is 3.14. The first-order valence-electron chi connectivity index (χ1n) is 4.49. The Hall–Kier alpha value is -1.68. The van der Waals surface area contributed by atoms with E-state index in [1.807, 2.05) is 0 Å². The third-order valence-electron chi connectivity index (χ3n) is 2.00. The number of nitrogens with one attached hydrogen (secondary N) is 1. The summed E-state index contributed by atoms with van der Waals surface area (Å²) in [5.41, 5.74) is -1.13. The minimum atomic E-state index is -4.89. The van der Waals surface area contributed by atoms with Crippen LogP contribution in [0.25, 0.3) is 0 Å². The second-order valence-corrected chi connectivity index (χ2v) is 3.15. The molecule has 17 heavy (non-hydrogen) atoms. The van der Waals surface area contributed by atoms with Crippen molar-refractivity contribution in [2.24, 2.45) is 0 Å². The monoisotopic (exact) mass is 250 g/mol. The van der Waals surface area contributed by atoms with E-state index in [1.54, 1.807) is 5.32 Å². The van der Waals surface area contributed by atoms with Crippen LogP contribution in [0.3, 0.4) is 0 Å². The van der Waals surface area contributed by atoms with Crippen LogP contribution in [0.4, 0.5) is 22.0 Å². The quantitative estimate of drug-likeness (QED) is 0.661. The zero-order valence-electron chi connectivity index (χ0n) is 8.35. The summed E-state index contributed by atoms with van der Waals surface area (Å²) < 4.78 is 64.1. The Morgan fingerprint density at radius 3 is 2.18 bits per heavy atom. The van der Waals surface area contributed by atoms with Gasteiger partial charge in [0.2, 0.25) is 0 Å². The number of nitriles is 1. The van der Waals surface area contributed by atoms with Gasteiger partial charge in [0.25, 0.3) is 0 Å². The van der Waals surface area contributed by atoms with Gasteiger partial charge in [0, 0.05) is 5.56 Å². The van der Waals surface area contributed by atoms with Crippen LogP contribution in [-0.2, 0) is 0 Å². The van der Waals surface area contributed by atoms with Crippen LogP contribution in [0.1, 0.15) is 11.6 Å². The Labute approximate surface area is 93.7 Å². The van der Waals surface area contributed by atoms with Gasteiger partial charge in [-0.15, -0.1) is 0 Å². The molecule has 1 aromatic rings. The van der Waals surface area contributed by atoms with Crippen molar-refractivity contribution in [1.82, 2.24) is 5.32 Å². The van der Waals surface area contributed by atoms with E-state index in [2.05, 4.69) is 0 Å². The molecule has 0 aliphatic carbocycles. The van der Waals surface area contributed by atoms with Crippen LogP contribution in [0.2, 0.25) is 0 Å². The summed E-state index contributed by atoms with van der Waals surface area (Å²) in [5, 5.41) is 9.94. The summed E-state index contributed by atoms with van der Waals surface area (Å²) in [6.07, 6.45) is -4.89. The normalized spacial score (nSPS) is 13.2. The van der Waals surface area contributed by atoms with E-state index in [4.69, 9.17) is 5.26 Å². The number of hydrogen-bond acceptors (Lipinski definition) is 2. The van der Waals surface area contributed by atoms with Gasteiger partial charge < -0.3 is 0 Å². The van der Waals surface area contributed by atoms with E-state index < -0.39 is 36.0 Å². The van der Waals surface area contributed by atoms with Crippen molar-refractivity contribution in [1.29, 1.82) is 5.26 Å². The standard InChI is InChI=1S/C10H7F5N2/c11-6-2-1-3-7(12)8(6)9(10(13,14)15)17-5-4-16/h1-3,9,17H,5H2. The molecule has 1 rings (SSSR count). The van der Waals surface area contributed by atoms with Crippen molar-refractivity contribution in [3.8, 4) is 6.07 Å². The average Bonchev–Trinajstić information content (AvgIpc) is 2.20. The first-order chi connectivity index (χ1) is 7.88. The van der Waals surface area contributed by atoms with Crippen LogP contribution < -0.4 is 5.32 Å². The predicted octanol–water partition coefficient (Wildman–Crippen LogP) is 2.68. The zero-order valence-corrected chi connectivity index (χ0v) is 8.35. The van der Waals surface area contributed by atoms with Gasteiger partial charge in [-0.2, -0.15) is 18.4 Å². The van der Waals surface area contributed by atoms with Crippen molar-refractivity contribution < 1.29 is 22.0 Å². The molecule has 0 aliphatic rings. The number of rotatable bonds is 3. The molecule has 1 N–H and O–H groups in total. The Morgan fingerprint density at radius 2 is 1.76 bits per heavy atom. The lowest BCUT2D eigenvalue weighted by atomic mass is 10.0. The minimum Gasteiger partial charge on any atom is -0.290 e. The van der Waals surface area contributed by atoms with Gasteiger partial charge in [0.05, 0.1) is 12.6 Å². The Morgan fingerprint density at radius 1 is 1.24 bits per heavy atom. The molecule has 0 amide bonds. The molecule has 0 aromatic heterocycles. The van der Waals surface area contributed by atoms with Gasteiger partial charge in [-0.1, -0.05) is 6.07 Å². The smallest absolute Gasteiger partial charge is 0.290 e. The molecule has 1 atom stereocenters. The van der Waals surface area contributed by atoms with Crippen LogP contribution in [0.15, 0.2) is 18.2 Å². The van der Waals surface area contributed by atoms with Gasteiger partial charge in [0.15, 0.2) is 0 Å². The van der Waals surface area contributed by atoms with E-state index in [0.29, 0.717) is 0 Å². The molecule has 0 saturated heterocycles. The fourth-order valence-electron chi connectivity index (χ4n) is 1.32. The van der Waals surface area contributed by atoms with E-state index in [-0.39, 0.29) is 0 Å². The summed E-state index contributed by atoms with van der Waals surface area (Å²) in [4.78, 5) is 0. The Kier molecular flexibility index (Phi) is 4.02. The van der Waals surface area contributed by atoms with E-state index >= 15 is 0 Å². The van der Waals surface area contributed by atoms with Crippen LogP contribution >= 0.6 is 0 Å². The van der Waals surface area contributed by atoms with Crippen molar-refractivity contribution in [3.63, 3.8) is 0 Å². The molecule has 0 heterocycles. The number of halogens is 5. The lowest BCUT2D eigenvalue weighted by molar-refractivity contribution is -0.158. The molecule has 0 fully saturated rings. The highest BCUT2D eigenvalue weighted by Gasteiger charge is 2.43. The van der Waals surface area contributed by atoms with Crippen molar-refractivity contribution in [3.05, 3.63) is 35.4 Å². The molecule has 0 spiro atoms. The second-order valence-electron chi connectivity index (χ2n) is 3.15. The zero-order chi connectivity index (χ0) is 13.1. The maximum atomic E-state index is 13.2. The highest BCUT2D eigenvalue weighted by atomic mass is 19.4. The summed E-state index contributed by atoms with van der Waals surface area (Å²) >= 11 is 0. The van der Waals surface area contributed by atoms with E-state index in [0.717, 1.165) is 18.2 Å². The van der Waals surface area contributed by atoms with Crippen molar-refractivity contribution in [2.75, 3.05) is 6.54 Å². The maximum absolute atomic E-state index is 13.2. The fraction of sp³-hybridized carbons (Fsp3) is 0.300. The fourth-order valence-corrected chi connectivity index (χ4v) is 1.32. The number of benzene rings is 1. The van der Waals surface area contributed by atoms with Gasteiger partial charge in [-0.3, -0.25) is 5.32 Å². The SMILES string of the molecule is N#CCNC(c1c(F)cccc1F)C(F)(F)F. The van der Waals surface area contributed by atoms with Crippen LogP contribution in [-0.4, -0.2) is 12.7 Å². The predicted molar refractivity (Wildman–Crippen MR) is 48.8 cm³/mol. The molecule has 7 heteroatoms. The first kappa shape index (κ1) is 13.4.